The van der Waals surface area contributed by atoms with Crippen molar-refractivity contribution in [1.29, 1.82) is 0 Å². The molecule has 0 fully saturated rings. The van der Waals surface area contributed by atoms with E-state index in [2.05, 4.69) is 15.4 Å². The zero-order chi connectivity index (χ0) is 22.8. The number of alkyl halides is 3. The molecule has 1 amide bonds. The van der Waals surface area contributed by atoms with Crippen LogP contribution >= 0.6 is 0 Å². The van der Waals surface area contributed by atoms with Crippen LogP contribution in [0.1, 0.15) is 42.5 Å². The summed E-state index contributed by atoms with van der Waals surface area (Å²) in [7, 11) is 0. The predicted molar refractivity (Wildman–Crippen MR) is 105 cm³/mol. The minimum Gasteiger partial charge on any atom is -0.492 e. The van der Waals surface area contributed by atoms with Crippen LogP contribution in [0.25, 0.3) is 10.9 Å². The number of halogens is 3. The van der Waals surface area contributed by atoms with E-state index in [1.807, 2.05) is 0 Å². The van der Waals surface area contributed by atoms with Gasteiger partial charge in [0.15, 0.2) is 0 Å². The van der Waals surface area contributed by atoms with Crippen molar-refractivity contribution in [2.75, 3.05) is 11.9 Å². The summed E-state index contributed by atoms with van der Waals surface area (Å²) in [5.41, 5.74) is -0.953. The minimum atomic E-state index is -4.68. The Bertz CT molecular complexity index is 1130. The van der Waals surface area contributed by atoms with Crippen LogP contribution in [0.2, 0.25) is 0 Å². The molecule has 164 valence electrons. The lowest BCUT2D eigenvalue weighted by atomic mass is 10.2. The van der Waals surface area contributed by atoms with Crippen LogP contribution < -0.4 is 10.1 Å². The Morgan fingerprint density at radius 2 is 2.00 bits per heavy atom. The highest BCUT2D eigenvalue weighted by atomic mass is 19.4. The monoisotopic (exact) mass is 436 g/mol. The van der Waals surface area contributed by atoms with E-state index < -0.39 is 35.5 Å². The maximum atomic E-state index is 12.9. The van der Waals surface area contributed by atoms with Crippen molar-refractivity contribution in [1.82, 2.24) is 14.8 Å². The molecule has 2 heterocycles. The fraction of sp³-hybridized carbons (Fsp3) is 0.300. The SMILES string of the molecule is CCOc1cc2nn(C(CC)C(=O)O)cc2cc1NC(=O)c1cccc(C(F)(F)F)n1. The van der Waals surface area contributed by atoms with E-state index in [-0.39, 0.29) is 18.0 Å². The topological polar surface area (TPSA) is 106 Å². The third-order valence-corrected chi connectivity index (χ3v) is 4.43. The molecule has 0 aliphatic carbocycles. The first-order valence-electron chi connectivity index (χ1n) is 9.38. The van der Waals surface area contributed by atoms with Gasteiger partial charge in [-0.05, 0) is 31.5 Å². The highest BCUT2D eigenvalue weighted by Crippen LogP contribution is 2.32. The van der Waals surface area contributed by atoms with Gasteiger partial charge in [-0.25, -0.2) is 9.78 Å². The largest absolute Gasteiger partial charge is 0.492 e. The number of carboxylic acid groups (broad SMARTS) is 1. The smallest absolute Gasteiger partial charge is 0.433 e. The first-order chi connectivity index (χ1) is 14.6. The Morgan fingerprint density at radius 1 is 1.26 bits per heavy atom. The summed E-state index contributed by atoms with van der Waals surface area (Å²) < 4.78 is 45.5. The number of amides is 1. The van der Waals surface area contributed by atoms with Gasteiger partial charge in [0.1, 0.15) is 23.2 Å². The number of fused-ring (bicyclic) bond motifs is 1. The van der Waals surface area contributed by atoms with Crippen LogP contribution in [-0.4, -0.2) is 38.4 Å². The van der Waals surface area contributed by atoms with Crippen LogP contribution in [-0.2, 0) is 11.0 Å². The molecule has 3 aromatic rings. The normalized spacial score (nSPS) is 12.5. The first-order valence-corrected chi connectivity index (χ1v) is 9.38. The van der Waals surface area contributed by atoms with Crippen molar-refractivity contribution < 1.29 is 32.6 Å². The number of carbonyl (C=O) groups excluding carboxylic acids is 1. The Labute approximate surface area is 174 Å². The molecule has 1 aromatic carbocycles. The minimum absolute atomic E-state index is 0.196. The second-order valence-electron chi connectivity index (χ2n) is 6.57. The van der Waals surface area contributed by atoms with Crippen LogP contribution in [0.5, 0.6) is 5.75 Å². The van der Waals surface area contributed by atoms with Gasteiger partial charge in [-0.2, -0.15) is 18.3 Å². The molecular weight excluding hydrogens is 417 g/mol. The third-order valence-electron chi connectivity index (χ3n) is 4.43. The second-order valence-corrected chi connectivity index (χ2v) is 6.57. The van der Waals surface area contributed by atoms with Gasteiger partial charge in [0.2, 0.25) is 0 Å². The summed E-state index contributed by atoms with van der Waals surface area (Å²) in [5.74, 6) is -1.65. The van der Waals surface area contributed by atoms with E-state index >= 15 is 0 Å². The summed E-state index contributed by atoms with van der Waals surface area (Å²) in [6.45, 7) is 3.69. The summed E-state index contributed by atoms with van der Waals surface area (Å²) in [5, 5.41) is 16.6. The van der Waals surface area contributed by atoms with Gasteiger partial charge >= 0.3 is 12.1 Å². The van der Waals surface area contributed by atoms with Crippen molar-refractivity contribution in [3.05, 3.63) is 47.9 Å². The van der Waals surface area contributed by atoms with E-state index in [4.69, 9.17) is 4.74 Å². The third kappa shape index (κ3) is 4.76. The fourth-order valence-corrected chi connectivity index (χ4v) is 2.98. The number of nitrogens with zero attached hydrogens (tertiary/aromatic N) is 3. The molecule has 0 aliphatic heterocycles. The molecule has 31 heavy (non-hydrogen) atoms. The molecule has 3 rings (SSSR count). The van der Waals surface area contributed by atoms with E-state index in [9.17, 15) is 27.9 Å². The van der Waals surface area contributed by atoms with Gasteiger partial charge < -0.3 is 15.2 Å². The number of pyridine rings is 1. The summed E-state index contributed by atoms with van der Waals surface area (Å²) >= 11 is 0. The van der Waals surface area contributed by atoms with Gasteiger partial charge in [-0.3, -0.25) is 9.48 Å². The molecule has 11 heteroatoms. The molecule has 8 nitrogen and oxygen atoms in total. The number of benzene rings is 1. The number of nitrogens with one attached hydrogen (secondary N) is 1. The number of anilines is 1. The molecule has 2 N–H and O–H groups in total. The van der Waals surface area contributed by atoms with E-state index in [0.29, 0.717) is 17.3 Å². The zero-order valence-corrected chi connectivity index (χ0v) is 16.6. The highest BCUT2D eigenvalue weighted by molar-refractivity contribution is 6.05. The Morgan fingerprint density at radius 3 is 2.61 bits per heavy atom. The van der Waals surface area contributed by atoms with E-state index in [1.54, 1.807) is 13.8 Å². The number of rotatable bonds is 7. The molecule has 1 unspecified atom stereocenters. The molecular formula is C20H19F3N4O4. The van der Waals surface area contributed by atoms with Crippen molar-refractivity contribution in [2.24, 2.45) is 0 Å². The van der Waals surface area contributed by atoms with Crippen molar-refractivity contribution in [3.8, 4) is 5.75 Å². The summed E-state index contributed by atoms with van der Waals surface area (Å²) in [6.07, 6.45) is -2.85. The second kappa shape index (κ2) is 8.62. The molecule has 0 radical (unpaired) electrons. The highest BCUT2D eigenvalue weighted by Gasteiger charge is 2.33. The van der Waals surface area contributed by atoms with Gasteiger partial charge in [0, 0.05) is 17.6 Å². The predicted octanol–water partition coefficient (Wildman–Crippen LogP) is 4.14. The molecule has 2 aromatic heterocycles. The maximum Gasteiger partial charge on any atom is 0.433 e. The average Bonchev–Trinajstić information content (AvgIpc) is 3.10. The lowest BCUT2D eigenvalue weighted by Crippen LogP contribution is -2.18. The van der Waals surface area contributed by atoms with Crippen LogP contribution in [0.3, 0.4) is 0 Å². The van der Waals surface area contributed by atoms with E-state index in [1.165, 1.54) is 29.1 Å². The quantitative estimate of drug-likeness (QED) is 0.577. The van der Waals surface area contributed by atoms with E-state index in [0.717, 1.165) is 12.1 Å². The van der Waals surface area contributed by atoms with Gasteiger partial charge in [-0.1, -0.05) is 13.0 Å². The summed E-state index contributed by atoms with van der Waals surface area (Å²) in [6, 6.07) is 5.21. The number of hydrogen-bond acceptors (Lipinski definition) is 5. The Kier molecular flexibility index (Phi) is 6.14. The molecule has 0 saturated carbocycles. The lowest BCUT2D eigenvalue weighted by Gasteiger charge is -2.12. The maximum absolute atomic E-state index is 12.9. The standard InChI is InChI=1S/C20H19F3N4O4/c1-3-15(19(29)30)27-10-11-8-14(16(31-4-2)9-13(11)26-27)25-18(28)12-6-5-7-17(24-12)20(21,22)23/h5-10,15H,3-4H2,1-2H3,(H,25,28)(H,29,30). The molecule has 1 atom stereocenters. The van der Waals surface area contributed by atoms with Crippen molar-refractivity contribution in [3.63, 3.8) is 0 Å². The summed E-state index contributed by atoms with van der Waals surface area (Å²) in [4.78, 5) is 27.3. The molecule has 0 bridgehead atoms. The average molecular weight is 436 g/mol. The van der Waals surface area contributed by atoms with Crippen molar-refractivity contribution >= 4 is 28.5 Å². The lowest BCUT2D eigenvalue weighted by molar-refractivity contribution is -0.142. The van der Waals surface area contributed by atoms with Gasteiger partial charge in [-0.15, -0.1) is 0 Å². The van der Waals surface area contributed by atoms with Gasteiger partial charge in [0.05, 0.1) is 17.8 Å². The molecule has 0 saturated heterocycles. The first kappa shape index (κ1) is 22.1. The number of carbonyl (C=O) groups is 2. The zero-order valence-electron chi connectivity index (χ0n) is 16.6. The fourth-order valence-electron chi connectivity index (χ4n) is 2.98. The van der Waals surface area contributed by atoms with Gasteiger partial charge in [0.25, 0.3) is 5.91 Å². The van der Waals surface area contributed by atoms with Crippen molar-refractivity contribution in [2.45, 2.75) is 32.5 Å². The number of hydrogen-bond donors (Lipinski definition) is 2. The number of ether oxygens (including phenoxy) is 1. The molecule has 0 spiro atoms. The number of aliphatic carboxylic acids is 1. The van der Waals surface area contributed by atoms with Crippen LogP contribution in [0.15, 0.2) is 36.5 Å². The van der Waals surface area contributed by atoms with Crippen LogP contribution in [0, 0.1) is 0 Å². The Balaban J connectivity index is 1.97. The number of aromatic nitrogens is 3. The number of carboxylic acids is 1. The van der Waals surface area contributed by atoms with Crippen LogP contribution in [0.4, 0.5) is 18.9 Å². The molecule has 0 aliphatic rings. The Hall–Kier alpha value is -3.63.